The van der Waals surface area contributed by atoms with E-state index < -0.39 is 44.8 Å². The van der Waals surface area contributed by atoms with Gasteiger partial charge in [-0.1, -0.05) is 6.07 Å². The Kier molecular flexibility index (Phi) is 7.22. The molecule has 0 saturated carbocycles. The number of carbonyl (C=O) groups excluding carboxylic acids is 1. The van der Waals surface area contributed by atoms with E-state index in [0.29, 0.717) is 17.9 Å². The lowest BCUT2D eigenvalue weighted by Crippen LogP contribution is -2.24. The minimum absolute atomic E-state index is 0.0816. The highest BCUT2D eigenvalue weighted by Crippen LogP contribution is 2.34. The normalized spacial score (nSPS) is 11.7. The van der Waals surface area contributed by atoms with Crippen molar-refractivity contribution in [2.24, 2.45) is 0 Å². The fraction of sp³-hybridized carbons (Fsp3) is 0.150. The molecule has 0 unspecified atom stereocenters. The molecule has 0 radical (unpaired) electrons. The number of alkyl halides is 3. The molecule has 14 heteroatoms. The summed E-state index contributed by atoms with van der Waals surface area (Å²) < 4.78 is 70.7. The van der Waals surface area contributed by atoms with Crippen LogP contribution in [0.5, 0.6) is 0 Å². The SMILES string of the molecule is O=C(CNc1ccc(C(F)(F)F)cc1[N+](=O)[O-])Nc1cccc(S(=O)(=O)NCc2ccco2)c1. The summed E-state index contributed by atoms with van der Waals surface area (Å²) in [7, 11) is -3.93. The van der Waals surface area contributed by atoms with Crippen LogP contribution in [0.25, 0.3) is 0 Å². The first kappa shape index (κ1) is 24.7. The summed E-state index contributed by atoms with van der Waals surface area (Å²) >= 11 is 0. The highest BCUT2D eigenvalue weighted by atomic mass is 32.2. The molecule has 34 heavy (non-hydrogen) atoms. The summed E-state index contributed by atoms with van der Waals surface area (Å²) in [6, 6.07) is 10.4. The second kappa shape index (κ2) is 9.93. The van der Waals surface area contributed by atoms with Crippen LogP contribution < -0.4 is 15.4 Å². The van der Waals surface area contributed by atoms with Gasteiger partial charge in [-0.2, -0.15) is 13.2 Å². The van der Waals surface area contributed by atoms with Gasteiger partial charge in [0, 0.05) is 11.8 Å². The molecule has 2 aromatic carbocycles. The summed E-state index contributed by atoms with van der Waals surface area (Å²) in [6.45, 7) is -0.609. The first-order valence-corrected chi connectivity index (χ1v) is 11.0. The number of nitro groups is 1. The molecule has 0 atom stereocenters. The molecule has 1 heterocycles. The zero-order chi connectivity index (χ0) is 24.9. The van der Waals surface area contributed by atoms with Crippen molar-refractivity contribution in [3.05, 3.63) is 82.3 Å². The molecule has 0 saturated heterocycles. The summed E-state index contributed by atoms with van der Waals surface area (Å²) in [5.41, 5.74) is -2.22. The van der Waals surface area contributed by atoms with Gasteiger partial charge in [-0.3, -0.25) is 14.9 Å². The van der Waals surface area contributed by atoms with E-state index in [1.165, 1.54) is 30.5 Å². The fourth-order valence-electron chi connectivity index (χ4n) is 2.79. The molecule has 0 aliphatic rings. The second-order valence-electron chi connectivity index (χ2n) is 6.82. The predicted molar refractivity (Wildman–Crippen MR) is 114 cm³/mol. The number of carbonyl (C=O) groups is 1. The Hall–Kier alpha value is -3.91. The van der Waals surface area contributed by atoms with Crippen molar-refractivity contribution in [1.82, 2.24) is 4.72 Å². The molecule has 3 aromatic rings. The van der Waals surface area contributed by atoms with Crippen LogP contribution in [0.3, 0.4) is 0 Å². The molecule has 0 bridgehead atoms. The highest BCUT2D eigenvalue weighted by Gasteiger charge is 2.33. The number of rotatable bonds is 9. The van der Waals surface area contributed by atoms with E-state index in [9.17, 15) is 36.5 Å². The molecule has 0 fully saturated rings. The number of hydrogen-bond donors (Lipinski definition) is 3. The topological polar surface area (TPSA) is 144 Å². The van der Waals surface area contributed by atoms with E-state index in [1.807, 2.05) is 0 Å². The number of nitro benzene ring substituents is 1. The summed E-state index contributed by atoms with van der Waals surface area (Å²) in [5.74, 6) is -0.316. The lowest BCUT2D eigenvalue weighted by Gasteiger charge is -2.11. The summed E-state index contributed by atoms with van der Waals surface area (Å²) in [4.78, 5) is 22.2. The number of nitrogens with zero attached hydrogens (tertiary/aromatic N) is 1. The zero-order valence-electron chi connectivity index (χ0n) is 17.1. The van der Waals surface area contributed by atoms with Crippen LogP contribution in [0.4, 0.5) is 30.2 Å². The van der Waals surface area contributed by atoms with Crippen LogP contribution in [-0.4, -0.2) is 25.8 Å². The van der Waals surface area contributed by atoms with Gasteiger partial charge < -0.3 is 15.1 Å². The van der Waals surface area contributed by atoms with Crippen LogP contribution in [0, 0.1) is 10.1 Å². The molecule has 10 nitrogen and oxygen atoms in total. The Bertz CT molecular complexity index is 1290. The Morgan fingerprint density at radius 1 is 1.09 bits per heavy atom. The Balaban J connectivity index is 1.65. The van der Waals surface area contributed by atoms with Crippen LogP contribution in [-0.2, 0) is 27.5 Å². The van der Waals surface area contributed by atoms with Crippen molar-refractivity contribution >= 4 is 33.0 Å². The van der Waals surface area contributed by atoms with Crippen LogP contribution in [0.1, 0.15) is 11.3 Å². The standard InChI is InChI=1S/C20H17F3N4O6S/c21-20(22,23)13-6-7-17(18(9-13)27(29)30)24-12-19(28)26-14-3-1-5-16(10-14)34(31,32)25-11-15-4-2-8-33-15/h1-10,24-25H,11-12H2,(H,26,28). The molecule has 3 rings (SSSR count). The molecular weight excluding hydrogens is 481 g/mol. The van der Waals surface area contributed by atoms with E-state index in [0.717, 1.165) is 6.07 Å². The fourth-order valence-corrected chi connectivity index (χ4v) is 3.83. The number of benzene rings is 2. The lowest BCUT2D eigenvalue weighted by molar-refractivity contribution is -0.384. The van der Waals surface area contributed by atoms with E-state index >= 15 is 0 Å². The lowest BCUT2D eigenvalue weighted by atomic mass is 10.1. The summed E-state index contributed by atoms with van der Waals surface area (Å²) in [6.07, 6.45) is -3.37. The number of nitrogens with one attached hydrogen (secondary N) is 3. The predicted octanol–water partition coefficient (Wildman–Crippen LogP) is 3.74. The minimum Gasteiger partial charge on any atom is -0.468 e. The Labute approximate surface area is 191 Å². The second-order valence-corrected chi connectivity index (χ2v) is 8.59. The third-order valence-electron chi connectivity index (χ3n) is 4.41. The molecular formula is C20H17F3N4O6S. The van der Waals surface area contributed by atoms with Crippen LogP contribution >= 0.6 is 0 Å². The number of halogens is 3. The van der Waals surface area contributed by atoms with Crippen molar-refractivity contribution in [2.45, 2.75) is 17.6 Å². The molecule has 0 spiro atoms. The van der Waals surface area contributed by atoms with Gasteiger partial charge in [-0.25, -0.2) is 13.1 Å². The van der Waals surface area contributed by atoms with Gasteiger partial charge >= 0.3 is 6.18 Å². The first-order valence-electron chi connectivity index (χ1n) is 9.47. The van der Waals surface area contributed by atoms with Crippen molar-refractivity contribution in [2.75, 3.05) is 17.2 Å². The first-order chi connectivity index (χ1) is 16.0. The molecule has 0 aliphatic heterocycles. The van der Waals surface area contributed by atoms with E-state index in [4.69, 9.17) is 4.42 Å². The third-order valence-corrected chi connectivity index (χ3v) is 5.80. The highest BCUT2D eigenvalue weighted by molar-refractivity contribution is 7.89. The van der Waals surface area contributed by atoms with Crippen molar-refractivity contribution < 1.29 is 35.7 Å². The van der Waals surface area contributed by atoms with Gasteiger partial charge in [0.2, 0.25) is 15.9 Å². The molecule has 180 valence electrons. The van der Waals surface area contributed by atoms with Gasteiger partial charge in [0.1, 0.15) is 11.4 Å². The Morgan fingerprint density at radius 3 is 2.50 bits per heavy atom. The van der Waals surface area contributed by atoms with Gasteiger partial charge in [-0.15, -0.1) is 0 Å². The quantitative estimate of drug-likeness (QED) is 0.301. The Morgan fingerprint density at radius 2 is 1.85 bits per heavy atom. The number of anilines is 2. The van der Waals surface area contributed by atoms with Gasteiger partial charge in [0.15, 0.2) is 0 Å². The van der Waals surface area contributed by atoms with E-state index in [-0.39, 0.29) is 22.8 Å². The largest absolute Gasteiger partial charge is 0.468 e. The van der Waals surface area contributed by atoms with E-state index in [2.05, 4.69) is 15.4 Å². The molecule has 1 amide bonds. The molecule has 0 aliphatic carbocycles. The number of hydrogen-bond acceptors (Lipinski definition) is 7. The number of amides is 1. The molecule has 3 N–H and O–H groups in total. The average molecular weight is 498 g/mol. The molecule has 1 aromatic heterocycles. The maximum Gasteiger partial charge on any atom is 0.416 e. The minimum atomic E-state index is -4.77. The van der Waals surface area contributed by atoms with Crippen molar-refractivity contribution in [3.8, 4) is 0 Å². The van der Waals surface area contributed by atoms with Gasteiger partial charge in [0.25, 0.3) is 5.69 Å². The maximum absolute atomic E-state index is 12.8. The third kappa shape index (κ3) is 6.32. The van der Waals surface area contributed by atoms with Crippen LogP contribution in [0.2, 0.25) is 0 Å². The average Bonchev–Trinajstić information content (AvgIpc) is 3.29. The number of sulfonamides is 1. The van der Waals surface area contributed by atoms with Gasteiger partial charge in [-0.05, 0) is 42.5 Å². The zero-order valence-corrected chi connectivity index (χ0v) is 17.9. The maximum atomic E-state index is 12.8. The van der Waals surface area contributed by atoms with Gasteiger partial charge in [0.05, 0.1) is 34.7 Å². The van der Waals surface area contributed by atoms with Crippen molar-refractivity contribution in [3.63, 3.8) is 0 Å². The smallest absolute Gasteiger partial charge is 0.416 e. The van der Waals surface area contributed by atoms with Crippen LogP contribution in [0.15, 0.2) is 70.2 Å². The monoisotopic (exact) mass is 498 g/mol. The van der Waals surface area contributed by atoms with Crippen molar-refractivity contribution in [1.29, 1.82) is 0 Å². The summed E-state index contributed by atoms with van der Waals surface area (Å²) in [5, 5.41) is 16.0. The van der Waals surface area contributed by atoms with E-state index in [1.54, 1.807) is 12.1 Å². The number of furan rings is 1.